The summed E-state index contributed by atoms with van der Waals surface area (Å²) in [7, 11) is 0. The number of hydrogen-bond donors (Lipinski definition) is 2. The molecule has 1 atom stereocenters. The Morgan fingerprint density at radius 3 is 1.83 bits per heavy atom. The van der Waals surface area contributed by atoms with Gasteiger partial charge < -0.3 is 9.59 Å². The van der Waals surface area contributed by atoms with E-state index in [0.717, 1.165) is 19.4 Å². The third kappa shape index (κ3) is 8.96. The van der Waals surface area contributed by atoms with Gasteiger partial charge in [0.2, 0.25) is 0 Å². The molecule has 29 heavy (non-hydrogen) atoms. The fourth-order valence-electron chi connectivity index (χ4n) is 5.44. The number of nitrogens with one attached hydrogen (secondary N) is 1. The molecule has 172 valence electrons. The molecule has 0 aromatic carbocycles. The Balaban J connectivity index is 3.04. The molecule has 4 heteroatoms. The van der Waals surface area contributed by atoms with Gasteiger partial charge in [0.1, 0.15) is 6.17 Å². The summed E-state index contributed by atoms with van der Waals surface area (Å²) in [5.74, 6) is -0.621. The van der Waals surface area contributed by atoms with E-state index in [1.807, 2.05) is 0 Å². The van der Waals surface area contributed by atoms with Crippen LogP contribution in [-0.2, 0) is 4.79 Å². The first kappa shape index (κ1) is 26.4. The fraction of sp³-hybridized carbons (Fsp3) is 0.960. The lowest BCUT2D eigenvalue weighted by Gasteiger charge is -2.47. The predicted octanol–water partition coefficient (Wildman–Crippen LogP) is 6.34. The molecule has 0 aromatic heterocycles. The minimum Gasteiger partial charge on any atom is -0.481 e. The topological polar surface area (TPSA) is 49.3 Å². The van der Waals surface area contributed by atoms with Gasteiger partial charge in [-0.2, -0.15) is 0 Å². The maximum Gasteiger partial charge on any atom is 0.303 e. The predicted molar refractivity (Wildman–Crippen MR) is 124 cm³/mol. The van der Waals surface area contributed by atoms with Crippen LogP contribution in [0.25, 0.3) is 0 Å². The molecule has 0 bridgehead atoms. The summed E-state index contributed by atoms with van der Waals surface area (Å²) in [5, 5.41) is 13.6. The molecular weight excluding hydrogens is 360 g/mol. The Kier molecular flexibility index (Phi) is 13.1. The lowest BCUT2D eigenvalue weighted by molar-refractivity contribution is -0.955. The summed E-state index contributed by atoms with van der Waals surface area (Å²) in [6.07, 6.45) is 16.6. The second-order valence-corrected chi connectivity index (χ2v) is 9.77. The molecular formula is C25H51N2O2+. The van der Waals surface area contributed by atoms with Crippen LogP contribution < -0.4 is 5.32 Å². The van der Waals surface area contributed by atoms with E-state index < -0.39 is 5.97 Å². The number of rotatable bonds is 17. The van der Waals surface area contributed by atoms with Crippen molar-refractivity contribution in [3.63, 3.8) is 0 Å². The maximum atomic E-state index is 11.6. The van der Waals surface area contributed by atoms with Crippen LogP contribution >= 0.6 is 0 Å². The molecule has 1 aliphatic rings. The highest BCUT2D eigenvalue weighted by molar-refractivity contribution is 5.67. The van der Waals surface area contributed by atoms with E-state index in [1.54, 1.807) is 0 Å². The number of carboxylic acid groups (broad SMARTS) is 1. The highest BCUT2D eigenvalue weighted by Crippen LogP contribution is 2.39. The van der Waals surface area contributed by atoms with E-state index in [-0.39, 0.29) is 5.41 Å². The highest BCUT2D eigenvalue weighted by Gasteiger charge is 2.39. The first-order valence-electron chi connectivity index (χ1n) is 12.8. The van der Waals surface area contributed by atoms with Crippen molar-refractivity contribution in [2.45, 2.75) is 124 Å². The minimum absolute atomic E-state index is 0.0357. The Morgan fingerprint density at radius 2 is 1.41 bits per heavy atom. The molecule has 1 rings (SSSR count). The summed E-state index contributed by atoms with van der Waals surface area (Å²) in [6, 6.07) is 0. The van der Waals surface area contributed by atoms with Crippen molar-refractivity contribution in [2.24, 2.45) is 5.41 Å². The van der Waals surface area contributed by atoms with Gasteiger partial charge in [0.25, 0.3) is 0 Å². The van der Waals surface area contributed by atoms with Gasteiger partial charge in [0.15, 0.2) is 0 Å². The van der Waals surface area contributed by atoms with E-state index in [4.69, 9.17) is 0 Å². The average molecular weight is 412 g/mol. The molecule has 0 saturated heterocycles. The molecule has 0 amide bonds. The second kappa shape index (κ2) is 14.4. The van der Waals surface area contributed by atoms with Gasteiger partial charge in [0, 0.05) is 13.0 Å². The third-order valence-electron chi connectivity index (χ3n) is 7.25. The summed E-state index contributed by atoms with van der Waals surface area (Å²) in [5.41, 5.74) is -0.0357. The van der Waals surface area contributed by atoms with Crippen LogP contribution in [0, 0.1) is 5.41 Å². The first-order valence-corrected chi connectivity index (χ1v) is 12.8. The van der Waals surface area contributed by atoms with Crippen LogP contribution in [0.4, 0.5) is 0 Å². The SMILES string of the molecule is CCCC[N+](CCCC)(CCCC)C(CCC)NCC1(CC(=O)O)CCCCC1. The zero-order valence-electron chi connectivity index (χ0n) is 20.1. The number of carbonyl (C=O) groups is 1. The van der Waals surface area contributed by atoms with E-state index in [1.165, 1.54) is 94.7 Å². The standard InChI is InChI=1S/C25H50N2O2/c1-5-9-18-27(19-10-6-2,20-11-7-3)23(15-8-4)26-22-25(21-24(28)29)16-13-12-14-17-25/h23,26H,5-22H2,1-4H3/p+1. The van der Waals surface area contributed by atoms with Crippen LogP contribution in [0.5, 0.6) is 0 Å². The van der Waals surface area contributed by atoms with Crippen LogP contribution in [0.2, 0.25) is 0 Å². The lowest BCUT2D eigenvalue weighted by atomic mass is 9.71. The average Bonchev–Trinajstić information content (AvgIpc) is 2.71. The molecule has 1 unspecified atom stereocenters. The fourth-order valence-corrected chi connectivity index (χ4v) is 5.44. The monoisotopic (exact) mass is 411 g/mol. The van der Waals surface area contributed by atoms with Gasteiger partial charge in [-0.1, -0.05) is 66.2 Å². The Morgan fingerprint density at radius 1 is 0.897 bits per heavy atom. The molecule has 1 aliphatic carbocycles. The summed E-state index contributed by atoms with van der Waals surface area (Å²) < 4.78 is 1.20. The van der Waals surface area contributed by atoms with E-state index >= 15 is 0 Å². The highest BCUT2D eigenvalue weighted by atomic mass is 16.4. The third-order valence-corrected chi connectivity index (χ3v) is 7.25. The van der Waals surface area contributed by atoms with E-state index in [9.17, 15) is 9.90 Å². The Labute approximate surface area is 181 Å². The zero-order valence-corrected chi connectivity index (χ0v) is 20.1. The quantitative estimate of drug-likeness (QED) is 0.217. The molecule has 4 nitrogen and oxygen atoms in total. The molecule has 0 heterocycles. The summed E-state index contributed by atoms with van der Waals surface area (Å²) >= 11 is 0. The van der Waals surface area contributed by atoms with Crippen molar-refractivity contribution >= 4 is 5.97 Å². The van der Waals surface area contributed by atoms with Crippen LogP contribution in [-0.4, -0.2) is 47.9 Å². The second-order valence-electron chi connectivity index (χ2n) is 9.77. The molecule has 0 aliphatic heterocycles. The van der Waals surface area contributed by atoms with Gasteiger partial charge >= 0.3 is 5.97 Å². The van der Waals surface area contributed by atoms with Crippen molar-refractivity contribution in [2.75, 3.05) is 26.2 Å². The summed E-state index contributed by atoms with van der Waals surface area (Å²) in [4.78, 5) is 11.6. The number of unbranched alkanes of at least 4 members (excludes halogenated alkanes) is 3. The number of aliphatic carboxylic acids is 1. The molecule has 0 aromatic rings. The van der Waals surface area contributed by atoms with Gasteiger partial charge in [-0.3, -0.25) is 10.1 Å². The van der Waals surface area contributed by atoms with Crippen LogP contribution in [0.15, 0.2) is 0 Å². The van der Waals surface area contributed by atoms with Crippen molar-refractivity contribution < 1.29 is 14.4 Å². The smallest absolute Gasteiger partial charge is 0.303 e. The number of hydrogen-bond acceptors (Lipinski definition) is 2. The van der Waals surface area contributed by atoms with Gasteiger partial charge in [-0.25, -0.2) is 0 Å². The zero-order chi connectivity index (χ0) is 21.6. The molecule has 1 fully saturated rings. The van der Waals surface area contributed by atoms with Crippen LogP contribution in [0.3, 0.4) is 0 Å². The molecule has 0 radical (unpaired) electrons. The Hall–Kier alpha value is -0.610. The van der Waals surface area contributed by atoms with Crippen LogP contribution in [0.1, 0.15) is 118 Å². The normalized spacial score (nSPS) is 17.9. The first-order chi connectivity index (χ1) is 14.0. The lowest BCUT2D eigenvalue weighted by Crippen LogP contribution is -2.63. The van der Waals surface area contributed by atoms with Crippen molar-refractivity contribution in [1.82, 2.24) is 5.32 Å². The van der Waals surface area contributed by atoms with Crippen molar-refractivity contribution in [3.05, 3.63) is 0 Å². The van der Waals surface area contributed by atoms with Gasteiger partial charge in [0.05, 0.1) is 26.1 Å². The number of quaternary nitrogens is 1. The summed E-state index contributed by atoms with van der Waals surface area (Å²) in [6.45, 7) is 13.9. The minimum atomic E-state index is -0.621. The van der Waals surface area contributed by atoms with Gasteiger partial charge in [-0.15, -0.1) is 0 Å². The largest absolute Gasteiger partial charge is 0.481 e. The van der Waals surface area contributed by atoms with E-state index in [0.29, 0.717) is 12.6 Å². The molecule has 2 N–H and O–H groups in total. The van der Waals surface area contributed by atoms with E-state index in [2.05, 4.69) is 33.0 Å². The molecule has 0 spiro atoms. The maximum absolute atomic E-state index is 11.6. The number of nitrogens with zero attached hydrogens (tertiary/aromatic N) is 1. The Bertz CT molecular complexity index is 411. The number of carboxylic acids is 1. The van der Waals surface area contributed by atoms with Crippen molar-refractivity contribution in [3.8, 4) is 0 Å². The van der Waals surface area contributed by atoms with Crippen molar-refractivity contribution in [1.29, 1.82) is 0 Å². The van der Waals surface area contributed by atoms with Gasteiger partial charge in [-0.05, 0) is 43.9 Å². The molecule has 1 saturated carbocycles.